The zero-order chi connectivity index (χ0) is 13.4. The Labute approximate surface area is 108 Å². The third-order valence-electron chi connectivity index (χ3n) is 2.38. The van der Waals surface area contributed by atoms with Crippen LogP contribution in [0.1, 0.15) is 37.0 Å². The molecule has 1 atom stereocenters. The fourth-order valence-electron chi connectivity index (χ4n) is 1.39. The number of carbonyl (C=O) groups is 1. The van der Waals surface area contributed by atoms with Crippen molar-refractivity contribution in [3.8, 4) is 11.5 Å². The molecule has 1 unspecified atom stereocenters. The van der Waals surface area contributed by atoms with Crippen LogP contribution in [0.3, 0.4) is 0 Å². The van der Waals surface area contributed by atoms with E-state index in [1.54, 1.807) is 25.1 Å². The van der Waals surface area contributed by atoms with Crippen LogP contribution >= 0.6 is 0 Å². The van der Waals surface area contributed by atoms with Crippen molar-refractivity contribution >= 4 is 6.29 Å². The number of aliphatic hydroxyl groups is 1. The largest absolute Gasteiger partial charge is 0.493 e. The number of aliphatic hydroxyl groups excluding tert-OH is 1. The van der Waals surface area contributed by atoms with Gasteiger partial charge in [0.15, 0.2) is 6.29 Å². The van der Waals surface area contributed by atoms with Crippen LogP contribution in [0.4, 0.5) is 0 Å². The highest BCUT2D eigenvalue weighted by Gasteiger charge is 2.06. The minimum absolute atomic E-state index is 0.371. The van der Waals surface area contributed by atoms with Crippen molar-refractivity contribution in [2.75, 3.05) is 13.2 Å². The molecule has 0 saturated heterocycles. The predicted molar refractivity (Wildman–Crippen MR) is 69.4 cm³/mol. The standard InChI is InChI=1S/C14H20O4/c1-3-7-17-13-5-4-12(10-15)14(9-13)18-8-6-11(2)16/h4-5,9-11,16H,3,6-8H2,1-2H3. The molecule has 1 aromatic rings. The minimum atomic E-state index is -0.413. The normalized spacial score (nSPS) is 11.9. The first-order valence-electron chi connectivity index (χ1n) is 6.20. The summed E-state index contributed by atoms with van der Waals surface area (Å²) >= 11 is 0. The molecule has 4 heteroatoms. The molecule has 18 heavy (non-hydrogen) atoms. The van der Waals surface area contributed by atoms with E-state index in [1.807, 2.05) is 6.92 Å². The third kappa shape index (κ3) is 4.75. The molecular weight excluding hydrogens is 232 g/mol. The average molecular weight is 252 g/mol. The fraction of sp³-hybridized carbons (Fsp3) is 0.500. The molecule has 0 spiro atoms. The summed E-state index contributed by atoms with van der Waals surface area (Å²) in [6, 6.07) is 5.14. The molecular formula is C14H20O4. The predicted octanol–water partition coefficient (Wildman–Crippen LogP) is 2.44. The van der Waals surface area contributed by atoms with E-state index in [-0.39, 0.29) is 0 Å². The maximum absolute atomic E-state index is 10.9. The molecule has 1 N–H and O–H groups in total. The van der Waals surface area contributed by atoms with Crippen molar-refractivity contribution in [1.29, 1.82) is 0 Å². The van der Waals surface area contributed by atoms with Crippen molar-refractivity contribution in [3.05, 3.63) is 23.8 Å². The maximum atomic E-state index is 10.9. The second-order valence-corrected chi connectivity index (χ2v) is 4.15. The summed E-state index contributed by atoms with van der Waals surface area (Å²) in [5.74, 6) is 1.19. The number of benzene rings is 1. The van der Waals surface area contributed by atoms with Gasteiger partial charge in [-0.25, -0.2) is 0 Å². The lowest BCUT2D eigenvalue weighted by Gasteiger charge is -2.11. The first kappa shape index (κ1) is 14.5. The number of ether oxygens (including phenoxy) is 2. The summed E-state index contributed by atoms with van der Waals surface area (Å²) in [7, 11) is 0. The zero-order valence-electron chi connectivity index (χ0n) is 10.9. The number of hydrogen-bond donors (Lipinski definition) is 1. The van der Waals surface area contributed by atoms with Crippen LogP contribution in [0.2, 0.25) is 0 Å². The van der Waals surface area contributed by atoms with E-state index in [2.05, 4.69) is 0 Å². The van der Waals surface area contributed by atoms with E-state index in [9.17, 15) is 4.79 Å². The lowest BCUT2D eigenvalue weighted by molar-refractivity contribution is 0.111. The molecule has 0 bridgehead atoms. The molecule has 0 amide bonds. The number of carbonyl (C=O) groups excluding carboxylic acids is 1. The van der Waals surface area contributed by atoms with Crippen molar-refractivity contribution < 1.29 is 19.4 Å². The van der Waals surface area contributed by atoms with E-state index in [1.165, 1.54) is 0 Å². The Morgan fingerprint density at radius 3 is 2.72 bits per heavy atom. The number of hydrogen-bond acceptors (Lipinski definition) is 4. The van der Waals surface area contributed by atoms with Crippen LogP contribution in [0.5, 0.6) is 11.5 Å². The van der Waals surface area contributed by atoms with E-state index >= 15 is 0 Å². The molecule has 1 aromatic carbocycles. The molecule has 0 saturated carbocycles. The second kappa shape index (κ2) is 7.71. The third-order valence-corrected chi connectivity index (χ3v) is 2.38. The Bertz CT molecular complexity index is 374. The van der Waals surface area contributed by atoms with Gasteiger partial charge in [0, 0.05) is 12.5 Å². The molecule has 0 aliphatic carbocycles. The highest BCUT2D eigenvalue weighted by atomic mass is 16.5. The molecule has 0 aliphatic rings. The van der Waals surface area contributed by atoms with E-state index < -0.39 is 6.10 Å². The first-order chi connectivity index (χ1) is 8.67. The molecule has 0 heterocycles. The van der Waals surface area contributed by atoms with Gasteiger partial charge >= 0.3 is 0 Å². The summed E-state index contributed by atoms with van der Waals surface area (Å²) in [6.45, 7) is 4.73. The monoisotopic (exact) mass is 252 g/mol. The Morgan fingerprint density at radius 1 is 1.33 bits per heavy atom. The maximum Gasteiger partial charge on any atom is 0.153 e. The second-order valence-electron chi connectivity index (χ2n) is 4.15. The smallest absolute Gasteiger partial charge is 0.153 e. The van der Waals surface area contributed by atoms with Crippen LogP contribution in [0, 0.1) is 0 Å². The Kier molecular flexibility index (Phi) is 6.22. The van der Waals surface area contributed by atoms with Gasteiger partial charge in [0.2, 0.25) is 0 Å². The van der Waals surface area contributed by atoms with Crippen LogP contribution in [0.25, 0.3) is 0 Å². The Hall–Kier alpha value is -1.55. The van der Waals surface area contributed by atoms with Gasteiger partial charge in [0.25, 0.3) is 0 Å². The van der Waals surface area contributed by atoms with Gasteiger partial charge in [-0.3, -0.25) is 4.79 Å². The topological polar surface area (TPSA) is 55.8 Å². The van der Waals surface area contributed by atoms with Gasteiger partial charge in [-0.2, -0.15) is 0 Å². The lowest BCUT2D eigenvalue weighted by Crippen LogP contribution is -2.08. The van der Waals surface area contributed by atoms with Crippen molar-refractivity contribution in [2.24, 2.45) is 0 Å². The minimum Gasteiger partial charge on any atom is -0.493 e. The van der Waals surface area contributed by atoms with Gasteiger partial charge in [-0.1, -0.05) is 6.92 Å². The van der Waals surface area contributed by atoms with Crippen LogP contribution < -0.4 is 9.47 Å². The van der Waals surface area contributed by atoms with Crippen LogP contribution in [0.15, 0.2) is 18.2 Å². The van der Waals surface area contributed by atoms with E-state index in [0.717, 1.165) is 12.7 Å². The van der Waals surface area contributed by atoms with Crippen molar-refractivity contribution in [1.82, 2.24) is 0 Å². The molecule has 100 valence electrons. The molecule has 0 aromatic heterocycles. The number of rotatable bonds is 8. The van der Waals surface area contributed by atoms with Crippen molar-refractivity contribution in [2.45, 2.75) is 32.8 Å². The molecule has 0 fully saturated rings. The summed E-state index contributed by atoms with van der Waals surface area (Å²) in [5, 5.41) is 9.15. The highest BCUT2D eigenvalue weighted by Crippen LogP contribution is 2.24. The summed E-state index contributed by atoms with van der Waals surface area (Å²) in [6.07, 6.45) is 1.79. The summed E-state index contributed by atoms with van der Waals surface area (Å²) < 4.78 is 11.0. The van der Waals surface area contributed by atoms with Crippen molar-refractivity contribution in [3.63, 3.8) is 0 Å². The van der Waals surface area contributed by atoms with Gasteiger partial charge in [0.1, 0.15) is 11.5 Å². The highest BCUT2D eigenvalue weighted by molar-refractivity contribution is 5.79. The SMILES string of the molecule is CCCOc1ccc(C=O)c(OCCC(C)O)c1. The molecule has 0 aliphatic heterocycles. The number of aldehydes is 1. The molecule has 4 nitrogen and oxygen atoms in total. The van der Waals surface area contributed by atoms with E-state index in [0.29, 0.717) is 36.7 Å². The zero-order valence-corrected chi connectivity index (χ0v) is 10.9. The van der Waals surface area contributed by atoms with Gasteiger partial charge in [-0.15, -0.1) is 0 Å². The van der Waals surface area contributed by atoms with Gasteiger partial charge in [-0.05, 0) is 25.5 Å². The quantitative estimate of drug-likeness (QED) is 0.722. The van der Waals surface area contributed by atoms with Gasteiger partial charge < -0.3 is 14.6 Å². The summed E-state index contributed by atoms with van der Waals surface area (Å²) in [5.41, 5.74) is 0.490. The van der Waals surface area contributed by atoms with Crippen LogP contribution in [-0.4, -0.2) is 30.7 Å². The average Bonchev–Trinajstić information content (AvgIpc) is 2.36. The Balaban J connectivity index is 2.69. The van der Waals surface area contributed by atoms with E-state index in [4.69, 9.17) is 14.6 Å². The van der Waals surface area contributed by atoms with Crippen LogP contribution in [-0.2, 0) is 0 Å². The Morgan fingerprint density at radius 2 is 2.11 bits per heavy atom. The summed E-state index contributed by atoms with van der Waals surface area (Å²) in [4.78, 5) is 10.9. The molecule has 0 radical (unpaired) electrons. The lowest BCUT2D eigenvalue weighted by atomic mass is 10.2. The van der Waals surface area contributed by atoms with Gasteiger partial charge in [0.05, 0.1) is 24.9 Å². The molecule has 1 rings (SSSR count). The fourth-order valence-corrected chi connectivity index (χ4v) is 1.39. The first-order valence-corrected chi connectivity index (χ1v) is 6.20.